The number of piperidine rings is 1. The van der Waals surface area contributed by atoms with Crippen molar-refractivity contribution in [3.05, 3.63) is 167 Å². The zero-order valence-electron chi connectivity index (χ0n) is 64.7. The number of aromatic nitrogens is 6. The third-order valence-corrected chi connectivity index (χ3v) is 29.2. The number of hydrogen-bond acceptors (Lipinski definition) is 25. The van der Waals surface area contributed by atoms with Gasteiger partial charge in [-0.1, -0.05) is 78.1 Å². The lowest BCUT2D eigenvalue weighted by Crippen LogP contribution is -2.53. The Morgan fingerprint density at radius 2 is 0.964 bits per heavy atom. The number of nitrogens with one attached hydrogen (secondary N) is 7. The molecule has 0 saturated carbocycles. The number of methoxy groups -OCH3 is 2. The Bertz CT molecular complexity index is 5160. The summed E-state index contributed by atoms with van der Waals surface area (Å²) in [6, 6.07) is 38.6. The van der Waals surface area contributed by atoms with E-state index in [9.17, 15) is 30.5 Å². The number of rotatable bonds is 25. The lowest BCUT2D eigenvalue weighted by molar-refractivity contribution is 0.0878. The molecular weight excluding hydrogens is 1570 g/mol. The predicted octanol–water partition coefficient (Wildman–Crippen LogP) is 16.0. The maximum absolute atomic E-state index is 12.8. The van der Waals surface area contributed by atoms with Crippen LogP contribution in [-0.2, 0) is 33.6 Å². The molecular formula is C77H99Cl3N17O9P3S2. The third-order valence-electron chi connectivity index (χ3n) is 19.0. The standard InChI is InChI=1S/C30H41ClN7O2P.C25H31ClN5O4PS.C22H27ClN5O3PS/c1-5-36-16-18-38(19-17-36)22-12-14-37(15-13-22)23-10-11-25(27(20-23)40-2)34-30-32-21-24(31)29(35-30)33-26-8-6-7-9-28(26)41(3,4)39;1-17(2)37(33,34)23-8-6-5-7-21(23)28-24-19(26)16-27-25(30-24)29-20-10-9-18(15-22(20)35-3)31-11-13-36(4,32)14-12-31;1-14(2)28-33(30,31)20-9-7-6-8-19(20)25-21-17(23)13-24-22(27-21)26-18-11-10-16(12-15(18)3)32(4,5)29/h6-11,20-22H,5,12-19H2,1-4H3,(H2,32,33,34,35);5-10,15-17H,11-14H2,1-4H3,(H2,27,28,29,30);6-14,28H,1-5H3,(H2,24,25,26,27). The van der Waals surface area contributed by atoms with Crippen LogP contribution in [-0.4, -0.2) is 193 Å². The number of ether oxygens (including phenoxy) is 2. The highest BCUT2D eigenvalue weighted by Gasteiger charge is 2.30. The van der Waals surface area contributed by atoms with Gasteiger partial charge in [-0.25, -0.2) is 36.5 Å². The summed E-state index contributed by atoms with van der Waals surface area (Å²) in [4.78, 5) is 36.5. The van der Waals surface area contributed by atoms with Crippen LogP contribution < -0.4 is 66.5 Å². The van der Waals surface area contributed by atoms with Crippen LogP contribution in [0.25, 0.3) is 0 Å². The van der Waals surface area contributed by atoms with Crippen molar-refractivity contribution in [1.29, 1.82) is 0 Å². The quantitative estimate of drug-likeness (QED) is 0.0261. The van der Waals surface area contributed by atoms with Crippen molar-refractivity contribution in [3.63, 3.8) is 0 Å². The van der Waals surface area contributed by atoms with E-state index in [1.165, 1.54) is 57.5 Å². The molecule has 0 radical (unpaired) electrons. The first-order chi connectivity index (χ1) is 52.6. The van der Waals surface area contributed by atoms with Crippen LogP contribution in [0, 0.1) is 6.92 Å². The highest BCUT2D eigenvalue weighted by molar-refractivity contribution is 7.92. The number of likely N-dealkylation sites (N-methyl/N-ethyl adjacent to an activating group) is 1. The first-order valence-corrected chi connectivity index (χ1v) is 48.3. The van der Waals surface area contributed by atoms with Gasteiger partial charge in [0, 0.05) is 117 Å². The Kier molecular flexibility index (Phi) is 28.6. The molecule has 6 heterocycles. The van der Waals surface area contributed by atoms with Crippen LogP contribution >= 0.6 is 56.2 Å². The number of hydrogen-bond donors (Lipinski definition) is 7. The summed E-state index contributed by atoms with van der Waals surface area (Å²) in [5, 5.41) is 20.7. The molecule has 0 aliphatic carbocycles. The highest BCUT2D eigenvalue weighted by atomic mass is 35.5. The summed E-state index contributed by atoms with van der Waals surface area (Å²) in [5.41, 5.74) is 6.63. The Labute approximate surface area is 667 Å². The Morgan fingerprint density at radius 1 is 0.532 bits per heavy atom. The fourth-order valence-corrected chi connectivity index (χ4v) is 19.4. The Hall–Kier alpha value is -8.10. The average molecular weight is 1670 g/mol. The molecule has 0 spiro atoms. The molecule has 0 amide bonds. The monoisotopic (exact) mass is 1670 g/mol. The van der Waals surface area contributed by atoms with Crippen LogP contribution in [0.2, 0.25) is 15.1 Å². The number of sulfone groups is 1. The number of halogens is 3. The average Bonchev–Trinajstić information content (AvgIpc) is 0.832. The maximum atomic E-state index is 12.8. The van der Waals surface area contributed by atoms with Gasteiger partial charge in [0.05, 0.1) is 78.5 Å². The lowest BCUT2D eigenvalue weighted by Gasteiger charge is -2.43. The summed E-state index contributed by atoms with van der Waals surface area (Å²) in [6.45, 7) is 29.2. The van der Waals surface area contributed by atoms with E-state index < -0.39 is 46.5 Å². The molecule has 12 rings (SSSR count). The van der Waals surface area contributed by atoms with E-state index in [1.807, 2.05) is 80.3 Å². The lowest BCUT2D eigenvalue weighted by atomic mass is 10.0. The largest absolute Gasteiger partial charge is 0.494 e. The molecule has 3 aliphatic rings. The van der Waals surface area contributed by atoms with Crippen molar-refractivity contribution in [3.8, 4) is 11.5 Å². The molecule has 594 valence electrons. The second-order valence-electron chi connectivity index (χ2n) is 28.7. The molecule has 34 heteroatoms. The van der Waals surface area contributed by atoms with Gasteiger partial charge in [0.1, 0.15) is 45.7 Å². The zero-order chi connectivity index (χ0) is 80.2. The van der Waals surface area contributed by atoms with Crippen LogP contribution in [0.4, 0.5) is 80.8 Å². The summed E-state index contributed by atoms with van der Waals surface area (Å²) in [7, 11) is -10.9. The first-order valence-electron chi connectivity index (χ1n) is 36.4. The third kappa shape index (κ3) is 22.6. The van der Waals surface area contributed by atoms with Crippen LogP contribution in [0.5, 0.6) is 11.5 Å². The molecule has 3 aliphatic heterocycles. The van der Waals surface area contributed by atoms with Crippen molar-refractivity contribution in [2.24, 2.45) is 0 Å². The summed E-state index contributed by atoms with van der Waals surface area (Å²) >= 11 is 19.1. The van der Waals surface area contributed by atoms with Gasteiger partial charge in [0.2, 0.25) is 27.9 Å². The number of piperazine rings is 1. The second-order valence-corrected chi connectivity index (χ2v) is 44.0. The fraction of sp³-hybridized carbons (Fsp3) is 0.377. The normalized spacial score (nSPS) is 15.2. The van der Waals surface area contributed by atoms with Gasteiger partial charge >= 0.3 is 0 Å². The van der Waals surface area contributed by atoms with E-state index >= 15 is 0 Å². The number of anilines is 14. The van der Waals surface area contributed by atoms with Crippen LogP contribution in [0.15, 0.2) is 156 Å². The number of para-hydroxylation sites is 3. The molecule has 111 heavy (non-hydrogen) atoms. The van der Waals surface area contributed by atoms with E-state index in [0.29, 0.717) is 63.7 Å². The minimum atomic E-state index is -3.74. The Balaban J connectivity index is 0.000000178. The van der Waals surface area contributed by atoms with Crippen LogP contribution in [0.3, 0.4) is 0 Å². The summed E-state index contributed by atoms with van der Waals surface area (Å²) < 4.78 is 103. The maximum Gasteiger partial charge on any atom is 0.242 e. The SMILES string of the molecule is CCN1CCN(C2CCN(c3ccc(Nc4ncc(Cl)c(Nc5ccccc5P(C)(C)=O)n4)c(OC)c3)CC2)CC1.COc1cc(N2CCP(C)(=O)CC2)ccc1Nc1ncc(Cl)c(Nc2ccccc2S(=O)(=O)C(C)C)n1.Cc1cc(P(C)(C)=O)ccc1Nc1ncc(Cl)c(Nc2ccccc2S(=O)(=O)NC(C)C)n1. The minimum absolute atomic E-state index is 0.0814. The second kappa shape index (κ2) is 37.2. The highest BCUT2D eigenvalue weighted by Crippen LogP contribution is 2.45. The number of nitrogens with zero attached hydrogens (tertiary/aromatic N) is 10. The smallest absolute Gasteiger partial charge is 0.242 e. The van der Waals surface area contributed by atoms with Gasteiger partial charge in [0.15, 0.2) is 27.3 Å². The molecule has 0 bridgehead atoms. The molecule has 3 fully saturated rings. The molecule has 3 saturated heterocycles. The van der Waals surface area contributed by atoms with Gasteiger partial charge in [-0.15, -0.1) is 0 Å². The van der Waals surface area contributed by atoms with Gasteiger partial charge in [0.25, 0.3) is 0 Å². The molecule has 26 nitrogen and oxygen atoms in total. The van der Waals surface area contributed by atoms with Crippen molar-refractivity contribution >= 4 is 167 Å². The van der Waals surface area contributed by atoms with E-state index in [4.69, 9.17) is 44.3 Å². The van der Waals surface area contributed by atoms with E-state index in [2.05, 4.69) is 105 Å². The minimum Gasteiger partial charge on any atom is -0.494 e. The fourth-order valence-electron chi connectivity index (χ4n) is 12.8. The molecule has 9 aromatic rings. The van der Waals surface area contributed by atoms with Gasteiger partial charge < -0.3 is 69.8 Å². The van der Waals surface area contributed by atoms with E-state index in [-0.39, 0.29) is 49.4 Å². The summed E-state index contributed by atoms with van der Waals surface area (Å²) in [5.74, 6) is 3.17. The predicted molar refractivity (Wildman–Crippen MR) is 458 cm³/mol. The molecule has 0 unspecified atom stereocenters. The number of aryl methyl sites for hydroxylation is 1. The molecule has 3 aromatic heterocycles. The number of sulfonamides is 1. The topological polar surface area (TPSA) is 312 Å². The van der Waals surface area contributed by atoms with Crippen LogP contribution in [0.1, 0.15) is 53.0 Å². The first kappa shape index (κ1) is 85.3. The zero-order valence-corrected chi connectivity index (χ0v) is 71.3. The van der Waals surface area contributed by atoms with Crippen molar-refractivity contribution < 1.29 is 40.0 Å². The molecule has 0 atom stereocenters. The molecule has 7 N–H and O–H groups in total. The summed E-state index contributed by atoms with van der Waals surface area (Å²) in [6.07, 6.45) is 8.17. The number of benzene rings is 6. The van der Waals surface area contributed by atoms with Crippen molar-refractivity contribution in [2.45, 2.75) is 81.5 Å². The molecule has 6 aromatic carbocycles. The Morgan fingerprint density at radius 3 is 1.41 bits per heavy atom. The van der Waals surface area contributed by atoms with Gasteiger partial charge in [-0.05, 0) is 172 Å². The van der Waals surface area contributed by atoms with E-state index in [1.54, 1.807) is 117 Å². The van der Waals surface area contributed by atoms with Gasteiger partial charge in [-0.2, -0.15) is 15.0 Å². The van der Waals surface area contributed by atoms with Crippen molar-refractivity contribution in [1.82, 2.24) is 44.4 Å². The van der Waals surface area contributed by atoms with E-state index in [0.717, 1.165) is 77.4 Å². The van der Waals surface area contributed by atoms with Crippen molar-refractivity contribution in [2.75, 3.05) is 160 Å². The van der Waals surface area contributed by atoms with Gasteiger partial charge in [-0.3, -0.25) is 4.90 Å².